The maximum absolute atomic E-state index is 12.2. The molecule has 1 N–H and O–H groups in total. The van der Waals surface area contributed by atoms with Gasteiger partial charge in [0.15, 0.2) is 0 Å². The Morgan fingerprint density at radius 1 is 1.29 bits per heavy atom. The van der Waals surface area contributed by atoms with Gasteiger partial charge in [0, 0.05) is 5.69 Å². The molecule has 0 saturated carbocycles. The van der Waals surface area contributed by atoms with Gasteiger partial charge in [0.05, 0.1) is 11.0 Å². The van der Waals surface area contributed by atoms with Crippen LogP contribution in [0.1, 0.15) is 11.4 Å². The molecule has 0 radical (unpaired) electrons. The first-order valence-electron chi connectivity index (χ1n) is 4.00. The molecule has 2 nitrogen and oxygen atoms in total. The van der Waals surface area contributed by atoms with Crippen LogP contribution in [0.3, 0.4) is 0 Å². The number of hydrogen-bond acceptors (Lipinski definition) is 1. The topological polar surface area (TPSA) is 28.7 Å². The summed E-state index contributed by atoms with van der Waals surface area (Å²) < 4.78 is 36.7. The lowest BCUT2D eigenvalue weighted by Gasteiger charge is -2.04. The van der Waals surface area contributed by atoms with Gasteiger partial charge in [-0.15, -0.1) is 0 Å². The number of fused-ring (bicyclic) bond motifs is 1. The van der Waals surface area contributed by atoms with E-state index in [9.17, 15) is 13.2 Å². The van der Waals surface area contributed by atoms with E-state index in [0.29, 0.717) is 11.0 Å². The summed E-state index contributed by atoms with van der Waals surface area (Å²) in [5, 5.41) is 0. The second kappa shape index (κ2) is 2.73. The van der Waals surface area contributed by atoms with Crippen molar-refractivity contribution < 1.29 is 13.2 Å². The van der Waals surface area contributed by atoms with Gasteiger partial charge in [0.1, 0.15) is 5.69 Å². The zero-order chi connectivity index (χ0) is 10.3. The fourth-order valence-electron chi connectivity index (χ4n) is 1.30. The Bertz CT molecular complexity index is 470. The molecule has 0 bridgehead atoms. The van der Waals surface area contributed by atoms with Gasteiger partial charge in [-0.1, -0.05) is 0 Å². The number of pyridine rings is 1. The van der Waals surface area contributed by atoms with E-state index in [1.807, 2.05) is 0 Å². The molecule has 2 aromatic heterocycles. The molecule has 2 rings (SSSR count). The Hall–Kier alpha value is -1.52. The molecule has 0 aliphatic rings. The first kappa shape index (κ1) is 9.05. The summed E-state index contributed by atoms with van der Waals surface area (Å²) in [5.41, 5.74) is 0.906. The van der Waals surface area contributed by atoms with E-state index in [0.717, 1.165) is 11.8 Å². The number of halogens is 3. The van der Waals surface area contributed by atoms with Gasteiger partial charge in [0.25, 0.3) is 0 Å². The van der Waals surface area contributed by atoms with E-state index < -0.39 is 11.9 Å². The average Bonchev–Trinajstić information content (AvgIpc) is 2.41. The minimum absolute atomic E-state index is 0.345. The normalized spacial score (nSPS) is 12.3. The monoisotopic (exact) mass is 200 g/mol. The molecule has 0 fully saturated rings. The van der Waals surface area contributed by atoms with Crippen LogP contribution in [0.4, 0.5) is 13.2 Å². The summed E-state index contributed by atoms with van der Waals surface area (Å²) in [6.07, 6.45) is -4.38. The van der Waals surface area contributed by atoms with Crippen molar-refractivity contribution in [2.24, 2.45) is 0 Å². The lowest BCUT2D eigenvalue weighted by atomic mass is 10.3. The molecule has 0 aromatic carbocycles. The van der Waals surface area contributed by atoms with E-state index in [4.69, 9.17) is 0 Å². The predicted molar refractivity (Wildman–Crippen MR) is 45.8 cm³/mol. The first-order valence-corrected chi connectivity index (χ1v) is 4.00. The van der Waals surface area contributed by atoms with Gasteiger partial charge in [-0.05, 0) is 25.1 Å². The number of aromatic nitrogens is 2. The molecule has 0 saturated heterocycles. The Kier molecular flexibility index (Phi) is 1.77. The molecular formula is C9H7F3N2. The van der Waals surface area contributed by atoms with Gasteiger partial charge < -0.3 is 4.98 Å². The first-order chi connectivity index (χ1) is 6.47. The van der Waals surface area contributed by atoms with Crippen molar-refractivity contribution in [3.05, 3.63) is 29.6 Å². The van der Waals surface area contributed by atoms with E-state index >= 15 is 0 Å². The van der Waals surface area contributed by atoms with Gasteiger partial charge in [-0.3, -0.25) is 0 Å². The third kappa shape index (κ3) is 1.45. The summed E-state index contributed by atoms with van der Waals surface area (Å²) in [4.78, 5) is 6.42. The highest BCUT2D eigenvalue weighted by atomic mass is 19.4. The van der Waals surface area contributed by atoms with Crippen LogP contribution < -0.4 is 0 Å². The van der Waals surface area contributed by atoms with Gasteiger partial charge >= 0.3 is 6.18 Å². The van der Waals surface area contributed by atoms with Crippen molar-refractivity contribution in [2.75, 3.05) is 0 Å². The van der Waals surface area contributed by atoms with Crippen molar-refractivity contribution in [2.45, 2.75) is 13.1 Å². The molecule has 74 valence electrons. The maximum Gasteiger partial charge on any atom is 0.433 e. The van der Waals surface area contributed by atoms with Crippen LogP contribution in [0.5, 0.6) is 0 Å². The zero-order valence-electron chi connectivity index (χ0n) is 7.31. The molecule has 0 aliphatic carbocycles. The second-order valence-corrected chi connectivity index (χ2v) is 3.08. The van der Waals surface area contributed by atoms with E-state index in [1.54, 1.807) is 13.0 Å². The molecule has 2 heterocycles. The largest absolute Gasteiger partial charge is 0.433 e. The lowest BCUT2D eigenvalue weighted by Crippen LogP contribution is -2.07. The van der Waals surface area contributed by atoms with Crippen LogP contribution in [-0.2, 0) is 6.18 Å². The summed E-state index contributed by atoms with van der Waals surface area (Å²) in [7, 11) is 0. The van der Waals surface area contributed by atoms with E-state index in [-0.39, 0.29) is 0 Å². The highest BCUT2D eigenvalue weighted by Crippen LogP contribution is 2.28. The molecule has 0 spiro atoms. The molecule has 0 unspecified atom stereocenters. The van der Waals surface area contributed by atoms with Crippen molar-refractivity contribution in [1.29, 1.82) is 0 Å². The predicted octanol–water partition coefficient (Wildman–Crippen LogP) is 2.89. The number of hydrogen-bond donors (Lipinski definition) is 1. The molecule has 5 heteroatoms. The van der Waals surface area contributed by atoms with Crippen LogP contribution in [0, 0.1) is 6.92 Å². The van der Waals surface area contributed by atoms with E-state index in [2.05, 4.69) is 9.97 Å². The number of aromatic amines is 1. The van der Waals surface area contributed by atoms with E-state index in [1.165, 1.54) is 6.07 Å². The van der Waals surface area contributed by atoms with Crippen LogP contribution in [-0.4, -0.2) is 9.97 Å². The fraction of sp³-hybridized carbons (Fsp3) is 0.222. The summed E-state index contributed by atoms with van der Waals surface area (Å²) in [6, 6.07) is 3.95. The highest BCUT2D eigenvalue weighted by Gasteiger charge is 2.32. The van der Waals surface area contributed by atoms with Crippen LogP contribution in [0.25, 0.3) is 11.0 Å². The van der Waals surface area contributed by atoms with Crippen LogP contribution in [0.2, 0.25) is 0 Å². The summed E-state index contributed by atoms with van der Waals surface area (Å²) >= 11 is 0. The van der Waals surface area contributed by atoms with Crippen LogP contribution in [0.15, 0.2) is 18.2 Å². The van der Waals surface area contributed by atoms with Gasteiger partial charge in [-0.25, -0.2) is 4.98 Å². The smallest absolute Gasteiger partial charge is 0.357 e. The minimum atomic E-state index is -4.38. The van der Waals surface area contributed by atoms with Gasteiger partial charge in [-0.2, -0.15) is 13.2 Å². The lowest BCUT2D eigenvalue weighted by molar-refractivity contribution is -0.140. The van der Waals surface area contributed by atoms with Crippen molar-refractivity contribution in [3.63, 3.8) is 0 Å². The van der Waals surface area contributed by atoms with Crippen molar-refractivity contribution in [3.8, 4) is 0 Å². The molecular weight excluding hydrogens is 193 g/mol. The number of nitrogens with zero attached hydrogens (tertiary/aromatic N) is 1. The van der Waals surface area contributed by atoms with Crippen LogP contribution >= 0.6 is 0 Å². The Morgan fingerprint density at radius 3 is 2.64 bits per heavy atom. The number of rotatable bonds is 0. The van der Waals surface area contributed by atoms with Crippen molar-refractivity contribution in [1.82, 2.24) is 9.97 Å². The molecule has 0 atom stereocenters. The molecule has 2 aromatic rings. The maximum atomic E-state index is 12.2. The summed E-state index contributed by atoms with van der Waals surface area (Å²) in [6.45, 7) is 1.77. The minimum Gasteiger partial charge on any atom is -0.357 e. The second-order valence-electron chi connectivity index (χ2n) is 3.08. The number of alkyl halides is 3. The quantitative estimate of drug-likeness (QED) is 0.695. The molecule has 0 aliphatic heterocycles. The standard InChI is InChI=1S/C9H7F3N2/c1-5-4-7-6(13-5)2-3-8(14-7)9(10,11)12/h2-4,13H,1H3. The van der Waals surface area contributed by atoms with Crippen molar-refractivity contribution >= 4 is 11.0 Å². The number of aryl methyl sites for hydroxylation is 1. The SMILES string of the molecule is Cc1cc2nc(C(F)(F)F)ccc2[nH]1. The zero-order valence-corrected chi connectivity index (χ0v) is 7.31. The summed E-state index contributed by atoms with van der Waals surface area (Å²) in [5.74, 6) is 0. The third-order valence-electron chi connectivity index (χ3n) is 1.90. The Balaban J connectivity index is 2.62. The number of nitrogens with one attached hydrogen (secondary N) is 1. The Labute approximate surface area is 77.8 Å². The molecule has 0 amide bonds. The highest BCUT2D eigenvalue weighted by molar-refractivity contribution is 5.76. The number of H-pyrrole nitrogens is 1. The van der Waals surface area contributed by atoms with Gasteiger partial charge in [0.2, 0.25) is 0 Å². The third-order valence-corrected chi connectivity index (χ3v) is 1.90. The average molecular weight is 200 g/mol. The molecule has 14 heavy (non-hydrogen) atoms. The Morgan fingerprint density at radius 2 is 2.00 bits per heavy atom. The fourth-order valence-corrected chi connectivity index (χ4v) is 1.30.